The van der Waals surface area contributed by atoms with E-state index in [9.17, 15) is 9.59 Å². The van der Waals surface area contributed by atoms with Crippen LogP contribution in [0.25, 0.3) is 0 Å². The molecule has 138 valence electrons. The van der Waals surface area contributed by atoms with E-state index in [1.54, 1.807) is 60.9 Å². The van der Waals surface area contributed by atoms with Crippen LogP contribution in [-0.4, -0.2) is 18.5 Å². The molecule has 0 fully saturated rings. The molecule has 27 heavy (non-hydrogen) atoms. The third-order valence-electron chi connectivity index (χ3n) is 3.62. The fourth-order valence-corrected chi connectivity index (χ4v) is 2.57. The van der Waals surface area contributed by atoms with E-state index < -0.39 is 18.5 Å². The summed E-state index contributed by atoms with van der Waals surface area (Å²) >= 11 is 5.87. The van der Waals surface area contributed by atoms with Gasteiger partial charge in [0.2, 0.25) is 0 Å². The van der Waals surface area contributed by atoms with Crippen LogP contribution in [0.4, 0.5) is 11.4 Å². The van der Waals surface area contributed by atoms with Gasteiger partial charge >= 0.3 is 5.97 Å². The number of ether oxygens (including phenoxy) is 1. The monoisotopic (exact) mass is 384 g/mol. The summed E-state index contributed by atoms with van der Waals surface area (Å²) < 4.78 is 10.4. The fourth-order valence-electron chi connectivity index (χ4n) is 2.38. The van der Waals surface area contributed by atoms with Crippen LogP contribution in [0.1, 0.15) is 16.1 Å². The number of rotatable bonds is 7. The molecular weight excluding hydrogens is 368 g/mol. The minimum Gasteiger partial charge on any atom is -0.467 e. The second kappa shape index (κ2) is 8.91. The van der Waals surface area contributed by atoms with Gasteiger partial charge in [-0.25, -0.2) is 4.79 Å². The molecule has 2 N–H and O–H groups in total. The second-order valence-electron chi connectivity index (χ2n) is 5.61. The number of halogens is 1. The zero-order chi connectivity index (χ0) is 19.1. The quantitative estimate of drug-likeness (QED) is 0.592. The molecule has 7 heteroatoms. The molecular formula is C20H17ClN2O4. The van der Waals surface area contributed by atoms with Gasteiger partial charge in [-0.1, -0.05) is 29.8 Å². The lowest BCUT2D eigenvalue weighted by Crippen LogP contribution is -2.21. The summed E-state index contributed by atoms with van der Waals surface area (Å²) in [6, 6.07) is 17.2. The van der Waals surface area contributed by atoms with Crippen LogP contribution in [0.3, 0.4) is 0 Å². The molecule has 3 aromatic rings. The Labute approximate surface area is 161 Å². The van der Waals surface area contributed by atoms with E-state index >= 15 is 0 Å². The smallest absolute Gasteiger partial charge is 0.340 e. The lowest BCUT2D eigenvalue weighted by Gasteiger charge is -2.11. The van der Waals surface area contributed by atoms with Gasteiger partial charge in [-0.15, -0.1) is 0 Å². The van der Waals surface area contributed by atoms with E-state index in [2.05, 4.69) is 10.6 Å². The SMILES string of the molecule is O=C(COC(=O)c1ccccc1NCc1ccco1)Nc1cccc(Cl)c1. The van der Waals surface area contributed by atoms with E-state index in [0.29, 0.717) is 28.5 Å². The maximum atomic E-state index is 12.4. The van der Waals surface area contributed by atoms with Crippen molar-refractivity contribution in [2.45, 2.75) is 6.54 Å². The first-order valence-electron chi connectivity index (χ1n) is 8.19. The van der Waals surface area contributed by atoms with E-state index in [1.807, 2.05) is 6.07 Å². The molecule has 0 unspecified atom stereocenters. The molecule has 1 heterocycles. The van der Waals surface area contributed by atoms with Crippen molar-refractivity contribution in [1.29, 1.82) is 0 Å². The van der Waals surface area contributed by atoms with Crippen molar-refractivity contribution in [3.8, 4) is 0 Å². The number of anilines is 2. The first-order valence-corrected chi connectivity index (χ1v) is 8.57. The maximum absolute atomic E-state index is 12.4. The predicted octanol–water partition coefficient (Wildman–Crippen LogP) is 4.34. The predicted molar refractivity (Wildman–Crippen MR) is 103 cm³/mol. The number of para-hydroxylation sites is 1. The highest BCUT2D eigenvalue weighted by atomic mass is 35.5. The Morgan fingerprint density at radius 1 is 1.04 bits per heavy atom. The van der Waals surface area contributed by atoms with Crippen LogP contribution in [0.5, 0.6) is 0 Å². The molecule has 0 bridgehead atoms. The number of carbonyl (C=O) groups excluding carboxylic acids is 2. The molecule has 0 saturated heterocycles. The average Bonchev–Trinajstić information content (AvgIpc) is 3.18. The Kier molecular flexibility index (Phi) is 6.12. The summed E-state index contributed by atoms with van der Waals surface area (Å²) in [7, 11) is 0. The first kappa shape index (κ1) is 18.5. The summed E-state index contributed by atoms with van der Waals surface area (Å²) in [5, 5.41) is 6.24. The van der Waals surface area contributed by atoms with Gasteiger partial charge in [-0.2, -0.15) is 0 Å². The van der Waals surface area contributed by atoms with Crippen LogP contribution in [0.2, 0.25) is 5.02 Å². The number of hydrogen-bond donors (Lipinski definition) is 2. The molecule has 6 nitrogen and oxygen atoms in total. The topological polar surface area (TPSA) is 80.6 Å². The van der Waals surface area contributed by atoms with Gasteiger partial charge < -0.3 is 19.8 Å². The van der Waals surface area contributed by atoms with E-state index in [1.165, 1.54) is 0 Å². The Hall–Kier alpha value is -3.25. The van der Waals surface area contributed by atoms with Crippen LogP contribution in [-0.2, 0) is 16.1 Å². The van der Waals surface area contributed by atoms with E-state index in [-0.39, 0.29) is 0 Å². The summed E-state index contributed by atoms with van der Waals surface area (Å²) in [5.74, 6) is -0.315. The summed E-state index contributed by atoms with van der Waals surface area (Å²) in [6.45, 7) is 0.0183. The van der Waals surface area contributed by atoms with Crippen molar-refractivity contribution in [3.05, 3.63) is 83.3 Å². The number of esters is 1. The molecule has 0 aliphatic heterocycles. The minimum atomic E-state index is -0.598. The number of furan rings is 1. The van der Waals surface area contributed by atoms with Crippen molar-refractivity contribution < 1.29 is 18.7 Å². The van der Waals surface area contributed by atoms with Crippen LogP contribution in [0, 0.1) is 0 Å². The molecule has 0 aliphatic carbocycles. The maximum Gasteiger partial charge on any atom is 0.340 e. The minimum absolute atomic E-state index is 0.333. The summed E-state index contributed by atoms with van der Waals surface area (Å²) in [5.41, 5.74) is 1.46. The van der Waals surface area contributed by atoms with Crippen molar-refractivity contribution in [2.24, 2.45) is 0 Å². The second-order valence-corrected chi connectivity index (χ2v) is 6.05. The normalized spacial score (nSPS) is 10.3. The Bertz CT molecular complexity index is 925. The van der Waals surface area contributed by atoms with Gasteiger partial charge in [0.05, 0.1) is 18.4 Å². The van der Waals surface area contributed by atoms with Crippen LogP contribution >= 0.6 is 11.6 Å². The zero-order valence-corrected chi connectivity index (χ0v) is 15.0. The van der Waals surface area contributed by atoms with E-state index in [4.69, 9.17) is 20.8 Å². The van der Waals surface area contributed by atoms with Gasteiger partial charge in [0.15, 0.2) is 6.61 Å². The molecule has 0 saturated carbocycles. The highest BCUT2D eigenvalue weighted by Gasteiger charge is 2.14. The van der Waals surface area contributed by atoms with Crippen LogP contribution < -0.4 is 10.6 Å². The molecule has 0 radical (unpaired) electrons. The molecule has 1 amide bonds. The third kappa shape index (κ3) is 5.36. The molecule has 0 atom stereocenters. The Balaban J connectivity index is 1.56. The summed E-state index contributed by atoms with van der Waals surface area (Å²) in [4.78, 5) is 24.3. The number of carbonyl (C=O) groups is 2. The number of nitrogens with one attached hydrogen (secondary N) is 2. The number of hydrogen-bond acceptors (Lipinski definition) is 5. The highest BCUT2D eigenvalue weighted by molar-refractivity contribution is 6.30. The number of amides is 1. The molecule has 0 aliphatic rings. The summed E-state index contributed by atoms with van der Waals surface area (Å²) in [6.07, 6.45) is 1.58. The van der Waals surface area contributed by atoms with E-state index in [0.717, 1.165) is 5.76 Å². The van der Waals surface area contributed by atoms with Gasteiger partial charge in [0, 0.05) is 16.4 Å². The van der Waals surface area contributed by atoms with Crippen molar-refractivity contribution in [3.63, 3.8) is 0 Å². The van der Waals surface area contributed by atoms with Crippen molar-refractivity contribution in [2.75, 3.05) is 17.2 Å². The van der Waals surface area contributed by atoms with Gasteiger partial charge in [0.1, 0.15) is 5.76 Å². The first-order chi connectivity index (χ1) is 13.1. The van der Waals surface area contributed by atoms with Crippen molar-refractivity contribution >= 4 is 34.9 Å². The lowest BCUT2D eigenvalue weighted by molar-refractivity contribution is -0.119. The number of benzene rings is 2. The zero-order valence-electron chi connectivity index (χ0n) is 14.3. The third-order valence-corrected chi connectivity index (χ3v) is 3.86. The van der Waals surface area contributed by atoms with Gasteiger partial charge in [-0.3, -0.25) is 4.79 Å². The molecule has 2 aromatic carbocycles. The van der Waals surface area contributed by atoms with Crippen molar-refractivity contribution in [1.82, 2.24) is 0 Å². The average molecular weight is 385 g/mol. The Morgan fingerprint density at radius 2 is 1.89 bits per heavy atom. The standard InChI is InChI=1S/C20H17ClN2O4/c21-14-5-3-6-15(11-14)23-19(24)13-27-20(25)17-8-1-2-9-18(17)22-12-16-7-4-10-26-16/h1-11,22H,12-13H2,(H,23,24). The fraction of sp³-hybridized carbons (Fsp3) is 0.100. The van der Waals surface area contributed by atoms with Crippen LogP contribution in [0.15, 0.2) is 71.3 Å². The highest BCUT2D eigenvalue weighted by Crippen LogP contribution is 2.18. The molecule has 0 spiro atoms. The Morgan fingerprint density at radius 3 is 2.67 bits per heavy atom. The largest absolute Gasteiger partial charge is 0.467 e. The lowest BCUT2D eigenvalue weighted by atomic mass is 10.2. The molecule has 1 aromatic heterocycles. The van der Waals surface area contributed by atoms with Gasteiger partial charge in [-0.05, 0) is 42.5 Å². The molecule has 3 rings (SSSR count). The van der Waals surface area contributed by atoms with Gasteiger partial charge in [0.25, 0.3) is 5.91 Å².